The van der Waals surface area contributed by atoms with Crippen LogP contribution in [0.1, 0.15) is 32.8 Å². The van der Waals surface area contributed by atoms with Crippen LogP contribution in [0.3, 0.4) is 0 Å². The quantitative estimate of drug-likeness (QED) is 0.788. The van der Waals surface area contributed by atoms with E-state index in [1.165, 1.54) is 0 Å². The Kier molecular flexibility index (Phi) is 5.19. The van der Waals surface area contributed by atoms with Crippen LogP contribution in [0.15, 0.2) is 53.0 Å². The molecule has 1 aliphatic rings. The van der Waals surface area contributed by atoms with E-state index in [1.807, 2.05) is 48.5 Å². The van der Waals surface area contributed by atoms with Crippen LogP contribution < -0.4 is 10.2 Å². The molecule has 0 radical (unpaired) electrons. The van der Waals surface area contributed by atoms with E-state index in [9.17, 15) is 9.59 Å². The Bertz CT molecular complexity index is 825. The van der Waals surface area contributed by atoms with Crippen molar-refractivity contribution in [2.24, 2.45) is 5.92 Å². The van der Waals surface area contributed by atoms with Crippen LogP contribution in [0.25, 0.3) is 0 Å². The zero-order valence-electron chi connectivity index (χ0n) is 15.3. The predicted octanol–water partition coefficient (Wildman–Crippen LogP) is 4.74. The molecule has 5 heteroatoms. The SMILES string of the molecule is CC(C)(C)c1ccccc1NC(=O)[C@H]1CC(=O)N(c2ccc(Br)cc2)C1. The van der Waals surface area contributed by atoms with Gasteiger partial charge in [0.05, 0.1) is 5.92 Å². The molecule has 0 unspecified atom stereocenters. The van der Waals surface area contributed by atoms with Crippen LogP contribution in [0.5, 0.6) is 0 Å². The average Bonchev–Trinajstić information content (AvgIpc) is 2.97. The molecule has 0 spiro atoms. The van der Waals surface area contributed by atoms with Crippen molar-refractivity contribution in [3.05, 3.63) is 58.6 Å². The molecule has 2 amide bonds. The van der Waals surface area contributed by atoms with Crippen LogP contribution >= 0.6 is 15.9 Å². The summed E-state index contributed by atoms with van der Waals surface area (Å²) in [4.78, 5) is 26.8. The van der Waals surface area contributed by atoms with E-state index in [0.717, 1.165) is 21.4 Å². The van der Waals surface area contributed by atoms with Crippen molar-refractivity contribution in [1.82, 2.24) is 0 Å². The van der Waals surface area contributed by atoms with Gasteiger partial charge in [-0.1, -0.05) is 54.9 Å². The Morgan fingerprint density at radius 1 is 1.12 bits per heavy atom. The second kappa shape index (κ2) is 7.23. The minimum atomic E-state index is -0.348. The van der Waals surface area contributed by atoms with Gasteiger partial charge in [-0.25, -0.2) is 0 Å². The number of para-hydroxylation sites is 1. The first-order valence-electron chi connectivity index (χ1n) is 8.72. The Morgan fingerprint density at radius 3 is 2.42 bits per heavy atom. The van der Waals surface area contributed by atoms with Crippen LogP contribution in [0, 0.1) is 5.92 Å². The van der Waals surface area contributed by atoms with E-state index in [1.54, 1.807) is 4.90 Å². The smallest absolute Gasteiger partial charge is 0.229 e. The summed E-state index contributed by atoms with van der Waals surface area (Å²) in [7, 11) is 0. The van der Waals surface area contributed by atoms with E-state index in [4.69, 9.17) is 0 Å². The standard InChI is InChI=1S/C21H23BrN2O2/c1-21(2,3)17-6-4-5-7-18(17)23-20(26)14-12-19(25)24(13-14)16-10-8-15(22)9-11-16/h4-11,14H,12-13H2,1-3H3,(H,23,26)/t14-/m0/s1. The fourth-order valence-electron chi connectivity index (χ4n) is 3.23. The van der Waals surface area contributed by atoms with Gasteiger partial charge in [0.1, 0.15) is 0 Å². The number of benzene rings is 2. The van der Waals surface area contributed by atoms with Crippen molar-refractivity contribution < 1.29 is 9.59 Å². The first-order chi connectivity index (χ1) is 12.3. The van der Waals surface area contributed by atoms with Gasteiger partial charge in [-0.3, -0.25) is 9.59 Å². The minimum Gasteiger partial charge on any atom is -0.326 e. The summed E-state index contributed by atoms with van der Waals surface area (Å²) in [6.07, 6.45) is 0.236. The van der Waals surface area contributed by atoms with Gasteiger partial charge in [-0.05, 0) is 41.3 Å². The maximum absolute atomic E-state index is 12.8. The van der Waals surface area contributed by atoms with Gasteiger partial charge in [0.15, 0.2) is 0 Å². The average molecular weight is 415 g/mol. The summed E-state index contributed by atoms with van der Waals surface area (Å²) in [6.45, 7) is 6.76. The van der Waals surface area contributed by atoms with Gasteiger partial charge in [0.25, 0.3) is 0 Å². The van der Waals surface area contributed by atoms with E-state index < -0.39 is 0 Å². The van der Waals surface area contributed by atoms with E-state index >= 15 is 0 Å². The fraction of sp³-hybridized carbons (Fsp3) is 0.333. The molecule has 0 aliphatic carbocycles. The number of amides is 2. The Labute approximate surface area is 162 Å². The number of carbonyl (C=O) groups is 2. The van der Waals surface area contributed by atoms with Gasteiger partial charge in [-0.2, -0.15) is 0 Å². The third kappa shape index (κ3) is 3.98. The maximum atomic E-state index is 12.8. The number of nitrogens with zero attached hydrogens (tertiary/aromatic N) is 1. The van der Waals surface area contributed by atoms with Crippen molar-refractivity contribution in [2.45, 2.75) is 32.6 Å². The Hall–Kier alpha value is -2.14. The van der Waals surface area contributed by atoms with Crippen LogP contribution in [-0.4, -0.2) is 18.4 Å². The highest BCUT2D eigenvalue weighted by molar-refractivity contribution is 9.10. The topological polar surface area (TPSA) is 49.4 Å². The molecule has 0 bridgehead atoms. The molecule has 3 rings (SSSR count). The molecule has 1 heterocycles. The van der Waals surface area contributed by atoms with Crippen molar-refractivity contribution in [1.29, 1.82) is 0 Å². The first kappa shape index (κ1) is 18.6. The molecule has 2 aromatic carbocycles. The number of hydrogen-bond donors (Lipinski definition) is 1. The van der Waals surface area contributed by atoms with Crippen molar-refractivity contribution in [3.8, 4) is 0 Å². The van der Waals surface area contributed by atoms with E-state index in [-0.39, 0.29) is 29.6 Å². The lowest BCUT2D eigenvalue weighted by molar-refractivity contribution is -0.122. The molecule has 1 atom stereocenters. The summed E-state index contributed by atoms with van der Waals surface area (Å²) < 4.78 is 0.959. The van der Waals surface area contributed by atoms with Crippen molar-refractivity contribution >= 4 is 39.1 Å². The summed E-state index contributed by atoms with van der Waals surface area (Å²) in [5.41, 5.74) is 2.66. The Morgan fingerprint density at radius 2 is 1.77 bits per heavy atom. The number of hydrogen-bond acceptors (Lipinski definition) is 2. The molecule has 0 saturated carbocycles. The molecule has 1 fully saturated rings. The van der Waals surface area contributed by atoms with E-state index in [0.29, 0.717) is 6.54 Å². The minimum absolute atomic E-state index is 0.0171. The molecule has 0 aromatic heterocycles. The van der Waals surface area contributed by atoms with Gasteiger partial charge in [0.2, 0.25) is 11.8 Å². The molecule has 1 aliphatic heterocycles. The summed E-state index contributed by atoms with van der Waals surface area (Å²) in [6, 6.07) is 15.4. The fourth-order valence-corrected chi connectivity index (χ4v) is 3.50. The molecule has 136 valence electrons. The van der Waals surface area contributed by atoms with Crippen LogP contribution in [0.2, 0.25) is 0 Å². The molecule has 1 saturated heterocycles. The predicted molar refractivity (Wildman–Crippen MR) is 108 cm³/mol. The highest BCUT2D eigenvalue weighted by atomic mass is 79.9. The van der Waals surface area contributed by atoms with E-state index in [2.05, 4.69) is 42.0 Å². The van der Waals surface area contributed by atoms with Gasteiger partial charge in [0, 0.05) is 28.8 Å². The maximum Gasteiger partial charge on any atom is 0.229 e. The third-order valence-corrected chi connectivity index (χ3v) is 5.16. The van der Waals surface area contributed by atoms with Gasteiger partial charge < -0.3 is 10.2 Å². The van der Waals surface area contributed by atoms with Crippen molar-refractivity contribution in [2.75, 3.05) is 16.8 Å². The molecule has 4 nitrogen and oxygen atoms in total. The zero-order valence-corrected chi connectivity index (χ0v) is 16.8. The third-order valence-electron chi connectivity index (χ3n) is 4.63. The highest BCUT2D eigenvalue weighted by Crippen LogP contribution is 2.31. The summed E-state index contributed by atoms with van der Waals surface area (Å²) in [5, 5.41) is 3.04. The number of halogens is 1. The second-order valence-electron chi connectivity index (χ2n) is 7.67. The lowest BCUT2D eigenvalue weighted by Gasteiger charge is -2.23. The van der Waals surface area contributed by atoms with Crippen molar-refractivity contribution in [3.63, 3.8) is 0 Å². The molecule has 2 aromatic rings. The second-order valence-corrected chi connectivity index (χ2v) is 8.58. The first-order valence-corrected chi connectivity index (χ1v) is 9.51. The summed E-state index contributed by atoms with van der Waals surface area (Å²) in [5.74, 6) is -0.467. The normalized spacial score (nSPS) is 17.5. The number of nitrogens with one attached hydrogen (secondary N) is 1. The highest BCUT2D eigenvalue weighted by Gasteiger charge is 2.35. The van der Waals surface area contributed by atoms with Gasteiger partial charge >= 0.3 is 0 Å². The van der Waals surface area contributed by atoms with Crippen LogP contribution in [0.4, 0.5) is 11.4 Å². The van der Waals surface area contributed by atoms with Crippen LogP contribution in [-0.2, 0) is 15.0 Å². The molecular weight excluding hydrogens is 392 g/mol. The summed E-state index contributed by atoms with van der Waals surface area (Å²) >= 11 is 3.40. The molecule has 26 heavy (non-hydrogen) atoms. The molecular formula is C21H23BrN2O2. The lowest BCUT2D eigenvalue weighted by atomic mass is 9.85. The number of carbonyl (C=O) groups excluding carboxylic acids is 2. The van der Waals surface area contributed by atoms with Gasteiger partial charge in [-0.15, -0.1) is 0 Å². The zero-order chi connectivity index (χ0) is 18.9. The molecule has 1 N–H and O–H groups in total. The largest absolute Gasteiger partial charge is 0.326 e. The Balaban J connectivity index is 1.74. The monoisotopic (exact) mass is 414 g/mol. The number of anilines is 2. The number of rotatable bonds is 3. The lowest BCUT2D eigenvalue weighted by Crippen LogP contribution is -2.28.